The summed E-state index contributed by atoms with van der Waals surface area (Å²) in [6.07, 6.45) is 0.812. The molecule has 0 atom stereocenters. The van der Waals surface area contributed by atoms with E-state index in [-0.39, 0.29) is 0 Å². The number of fused-ring (bicyclic) bond motifs is 1. The van der Waals surface area contributed by atoms with E-state index < -0.39 is 0 Å². The monoisotopic (exact) mass is 258 g/mol. The topological polar surface area (TPSA) is 28.7 Å². The maximum Gasteiger partial charge on any atom is 0.137 e. The Kier molecular flexibility index (Phi) is 2.74. The summed E-state index contributed by atoms with van der Waals surface area (Å²) in [5.41, 5.74) is 1.05. The fraction of sp³-hybridized carbons (Fsp3) is 0.0769. The van der Waals surface area contributed by atoms with Crippen molar-refractivity contribution in [3.63, 3.8) is 0 Å². The van der Waals surface area contributed by atoms with Gasteiger partial charge in [-0.15, -0.1) is 11.3 Å². The van der Waals surface area contributed by atoms with Gasteiger partial charge < -0.3 is 4.98 Å². The number of nitrogens with one attached hydrogen (secondary N) is 1. The zero-order chi connectivity index (χ0) is 11.7. The third kappa shape index (κ3) is 2.14. The number of aromatic amines is 1. The molecule has 17 heavy (non-hydrogen) atoms. The van der Waals surface area contributed by atoms with Crippen LogP contribution >= 0.6 is 23.6 Å². The second-order valence-electron chi connectivity index (χ2n) is 3.79. The molecule has 2 heterocycles. The molecule has 3 aromatic rings. The van der Waals surface area contributed by atoms with Crippen LogP contribution in [0.1, 0.15) is 10.7 Å². The predicted molar refractivity (Wildman–Crippen MR) is 74.1 cm³/mol. The van der Waals surface area contributed by atoms with Crippen molar-refractivity contribution in [2.75, 3.05) is 0 Å². The van der Waals surface area contributed by atoms with Gasteiger partial charge in [-0.2, -0.15) is 0 Å². The average molecular weight is 258 g/mol. The van der Waals surface area contributed by atoms with Gasteiger partial charge in [-0.05, 0) is 23.6 Å². The van der Waals surface area contributed by atoms with E-state index in [0.29, 0.717) is 4.64 Å². The summed E-state index contributed by atoms with van der Waals surface area (Å²) >= 11 is 7.04. The van der Waals surface area contributed by atoms with Crippen molar-refractivity contribution in [2.45, 2.75) is 6.42 Å². The molecule has 0 saturated carbocycles. The lowest BCUT2D eigenvalue weighted by Gasteiger charge is -2.02. The fourth-order valence-corrected chi connectivity index (χ4v) is 2.80. The van der Waals surface area contributed by atoms with Gasteiger partial charge in [0.15, 0.2) is 0 Å². The van der Waals surface area contributed by atoms with Gasteiger partial charge in [0.2, 0.25) is 0 Å². The van der Waals surface area contributed by atoms with Gasteiger partial charge in [-0.3, -0.25) is 0 Å². The molecule has 2 nitrogen and oxygen atoms in total. The van der Waals surface area contributed by atoms with Crippen LogP contribution in [0.2, 0.25) is 0 Å². The normalized spacial score (nSPS) is 10.8. The molecule has 0 aliphatic heterocycles. The predicted octanol–water partition coefficient (Wildman–Crippen LogP) is 3.94. The van der Waals surface area contributed by atoms with Crippen molar-refractivity contribution in [1.29, 1.82) is 0 Å². The molecule has 1 aromatic carbocycles. The molecular formula is C13H10N2S2. The number of hydrogen-bond acceptors (Lipinski definition) is 3. The minimum absolute atomic E-state index is 0.672. The zero-order valence-electron chi connectivity index (χ0n) is 9.01. The van der Waals surface area contributed by atoms with Gasteiger partial charge >= 0.3 is 0 Å². The number of para-hydroxylation sites is 1. The molecule has 0 saturated heterocycles. The summed E-state index contributed by atoms with van der Waals surface area (Å²) in [5, 5.41) is 3.09. The van der Waals surface area contributed by atoms with Crippen LogP contribution in [0.25, 0.3) is 10.9 Å². The lowest BCUT2D eigenvalue weighted by atomic mass is 10.2. The van der Waals surface area contributed by atoms with Crippen LogP contribution in [0.5, 0.6) is 0 Å². The van der Waals surface area contributed by atoms with E-state index in [9.17, 15) is 0 Å². The number of H-pyrrole nitrogens is 1. The highest BCUT2D eigenvalue weighted by atomic mass is 32.1. The number of aromatic nitrogens is 2. The van der Waals surface area contributed by atoms with Crippen LogP contribution in [0.4, 0.5) is 0 Å². The van der Waals surface area contributed by atoms with Crippen molar-refractivity contribution in [2.24, 2.45) is 0 Å². The first kappa shape index (κ1) is 10.6. The zero-order valence-corrected chi connectivity index (χ0v) is 10.6. The van der Waals surface area contributed by atoms with Crippen molar-refractivity contribution in [3.05, 3.63) is 57.1 Å². The summed E-state index contributed by atoms with van der Waals surface area (Å²) in [5.74, 6) is 0.927. The van der Waals surface area contributed by atoms with E-state index in [1.165, 1.54) is 4.88 Å². The van der Waals surface area contributed by atoms with Crippen molar-refractivity contribution < 1.29 is 0 Å². The molecule has 2 aromatic heterocycles. The number of nitrogens with zero attached hydrogens (tertiary/aromatic N) is 1. The standard InChI is InChI=1S/C13H10N2S2/c16-13-10-5-1-2-6-11(10)14-12(15-13)8-9-4-3-7-17-9/h1-7H,8H2,(H,14,15,16). The highest BCUT2D eigenvalue weighted by Gasteiger charge is 2.02. The molecule has 0 aliphatic rings. The van der Waals surface area contributed by atoms with Gasteiger partial charge in [0, 0.05) is 22.2 Å². The summed E-state index contributed by atoms with van der Waals surface area (Å²) < 4.78 is 0.672. The molecule has 84 valence electrons. The Labute approximate surface area is 108 Å². The first-order chi connectivity index (χ1) is 8.33. The largest absolute Gasteiger partial charge is 0.343 e. The van der Waals surface area contributed by atoms with E-state index in [1.54, 1.807) is 11.3 Å². The third-order valence-electron chi connectivity index (χ3n) is 2.59. The molecule has 0 radical (unpaired) electrons. The van der Waals surface area contributed by atoms with Crippen LogP contribution in [0.3, 0.4) is 0 Å². The van der Waals surface area contributed by atoms with E-state index in [2.05, 4.69) is 27.5 Å². The number of thiophene rings is 1. The molecule has 0 fully saturated rings. The quantitative estimate of drug-likeness (QED) is 0.705. The SMILES string of the molecule is S=c1nc(Cc2cccs2)[nH]c2ccccc12. The maximum absolute atomic E-state index is 5.31. The first-order valence-corrected chi connectivity index (χ1v) is 6.62. The smallest absolute Gasteiger partial charge is 0.137 e. The van der Waals surface area contributed by atoms with Crippen LogP contribution in [0.15, 0.2) is 41.8 Å². The molecular weight excluding hydrogens is 248 g/mol. The van der Waals surface area contributed by atoms with E-state index in [4.69, 9.17) is 12.2 Å². The fourth-order valence-electron chi connectivity index (χ4n) is 1.81. The van der Waals surface area contributed by atoms with E-state index in [1.807, 2.05) is 24.3 Å². The van der Waals surface area contributed by atoms with E-state index >= 15 is 0 Å². The Balaban J connectivity index is 2.10. The van der Waals surface area contributed by atoms with Gasteiger partial charge in [0.25, 0.3) is 0 Å². The molecule has 0 unspecified atom stereocenters. The number of benzene rings is 1. The summed E-state index contributed by atoms with van der Waals surface area (Å²) in [7, 11) is 0. The first-order valence-electron chi connectivity index (χ1n) is 5.33. The highest BCUT2D eigenvalue weighted by molar-refractivity contribution is 7.71. The van der Waals surface area contributed by atoms with Gasteiger partial charge in [0.05, 0.1) is 0 Å². The Morgan fingerprint density at radius 1 is 1.18 bits per heavy atom. The summed E-state index contributed by atoms with van der Waals surface area (Å²) in [6.45, 7) is 0. The average Bonchev–Trinajstić information content (AvgIpc) is 2.82. The summed E-state index contributed by atoms with van der Waals surface area (Å²) in [4.78, 5) is 9.07. The van der Waals surface area contributed by atoms with Gasteiger partial charge in [0.1, 0.15) is 10.5 Å². The van der Waals surface area contributed by atoms with Crippen LogP contribution in [0, 0.1) is 4.64 Å². The lowest BCUT2D eigenvalue weighted by molar-refractivity contribution is 1.000. The molecule has 0 spiro atoms. The molecule has 3 rings (SSSR count). The van der Waals surface area contributed by atoms with Gasteiger partial charge in [-0.25, -0.2) is 4.98 Å². The maximum atomic E-state index is 5.31. The third-order valence-corrected chi connectivity index (χ3v) is 3.78. The Hall–Kier alpha value is -1.52. The van der Waals surface area contributed by atoms with Crippen molar-refractivity contribution in [1.82, 2.24) is 9.97 Å². The van der Waals surface area contributed by atoms with E-state index in [0.717, 1.165) is 23.1 Å². The van der Waals surface area contributed by atoms with Crippen LogP contribution in [-0.2, 0) is 6.42 Å². The minimum atomic E-state index is 0.672. The Morgan fingerprint density at radius 2 is 2.06 bits per heavy atom. The minimum Gasteiger partial charge on any atom is -0.343 e. The molecule has 0 amide bonds. The Bertz CT molecular complexity index is 699. The number of rotatable bonds is 2. The van der Waals surface area contributed by atoms with Crippen LogP contribution < -0.4 is 0 Å². The highest BCUT2D eigenvalue weighted by Crippen LogP contribution is 2.16. The van der Waals surface area contributed by atoms with Crippen molar-refractivity contribution in [3.8, 4) is 0 Å². The summed E-state index contributed by atoms with van der Waals surface area (Å²) in [6, 6.07) is 12.2. The lowest BCUT2D eigenvalue weighted by Crippen LogP contribution is -1.96. The second kappa shape index (κ2) is 4.39. The molecule has 0 aliphatic carbocycles. The van der Waals surface area contributed by atoms with Crippen molar-refractivity contribution >= 4 is 34.5 Å². The number of hydrogen-bond donors (Lipinski definition) is 1. The van der Waals surface area contributed by atoms with Gasteiger partial charge in [-0.1, -0.05) is 30.4 Å². The second-order valence-corrected chi connectivity index (χ2v) is 5.21. The molecule has 0 bridgehead atoms. The molecule has 4 heteroatoms. The Morgan fingerprint density at radius 3 is 2.88 bits per heavy atom. The van der Waals surface area contributed by atoms with Crippen LogP contribution in [-0.4, -0.2) is 9.97 Å². The molecule has 1 N–H and O–H groups in total.